The third kappa shape index (κ3) is 8.48. The van der Waals surface area contributed by atoms with Crippen molar-refractivity contribution in [2.75, 3.05) is 44.7 Å². The van der Waals surface area contributed by atoms with Crippen molar-refractivity contribution in [3.8, 4) is 0 Å². The number of hydrogen-bond donors (Lipinski definition) is 3. The van der Waals surface area contributed by atoms with Crippen LogP contribution in [0.3, 0.4) is 0 Å². The van der Waals surface area contributed by atoms with E-state index >= 15 is 0 Å². The maximum atomic E-state index is 12.0. The summed E-state index contributed by atoms with van der Waals surface area (Å²) in [6, 6.07) is 4.93. The molecule has 1 aromatic rings. The molecule has 0 bridgehead atoms. The number of hydrazone groups is 1. The average Bonchev–Trinajstić information content (AvgIpc) is 2.73. The van der Waals surface area contributed by atoms with Crippen LogP contribution in [0.1, 0.15) is 25.3 Å². The summed E-state index contributed by atoms with van der Waals surface area (Å²) >= 11 is 5.99. The predicted octanol–water partition coefficient (Wildman–Crippen LogP) is 1.31. The van der Waals surface area contributed by atoms with Gasteiger partial charge < -0.3 is 15.4 Å². The van der Waals surface area contributed by atoms with E-state index in [-0.39, 0.29) is 12.3 Å². The number of halogens is 1. The molecule has 0 aromatic heterocycles. The number of ether oxygens (including phenoxy) is 1. The molecule has 0 unspecified atom stereocenters. The van der Waals surface area contributed by atoms with Crippen molar-refractivity contribution in [2.45, 2.75) is 26.7 Å². The van der Waals surface area contributed by atoms with Gasteiger partial charge in [0.2, 0.25) is 5.91 Å². The molecule has 1 aromatic carbocycles. The molecule has 0 spiro atoms. The Morgan fingerprint density at radius 3 is 2.63 bits per heavy atom. The molecule has 10 heteroatoms. The third-order valence-corrected chi connectivity index (χ3v) is 4.88. The normalized spacial score (nSPS) is 14.8. The van der Waals surface area contributed by atoms with Gasteiger partial charge in [0.25, 0.3) is 0 Å². The van der Waals surface area contributed by atoms with Gasteiger partial charge >= 0.3 is 11.8 Å². The van der Waals surface area contributed by atoms with Crippen LogP contribution in [0.5, 0.6) is 0 Å². The Hall–Kier alpha value is -2.49. The highest BCUT2D eigenvalue weighted by molar-refractivity contribution is 6.40. The second-order valence-electron chi connectivity index (χ2n) is 7.04. The summed E-state index contributed by atoms with van der Waals surface area (Å²) in [5.41, 5.74) is 3.80. The Balaban J connectivity index is 1.66. The van der Waals surface area contributed by atoms with Gasteiger partial charge in [0.1, 0.15) is 0 Å². The average molecular weight is 438 g/mol. The lowest BCUT2D eigenvalue weighted by molar-refractivity contribution is -0.136. The molecular weight excluding hydrogens is 410 g/mol. The number of nitrogens with one attached hydrogen (secondary N) is 3. The Morgan fingerprint density at radius 2 is 1.93 bits per heavy atom. The minimum Gasteiger partial charge on any atom is -0.379 e. The van der Waals surface area contributed by atoms with E-state index < -0.39 is 11.8 Å². The van der Waals surface area contributed by atoms with Gasteiger partial charge in [-0.15, -0.1) is 0 Å². The first-order valence-corrected chi connectivity index (χ1v) is 10.2. The lowest BCUT2D eigenvalue weighted by Crippen LogP contribution is -2.38. The number of carbonyl (C=O) groups excluding carboxylic acids is 3. The molecule has 30 heavy (non-hydrogen) atoms. The van der Waals surface area contributed by atoms with E-state index in [4.69, 9.17) is 16.3 Å². The van der Waals surface area contributed by atoms with Crippen LogP contribution in [0.4, 0.5) is 5.69 Å². The SMILES string of the molecule is C/C(CC(=O)NCCCN1CCOCC1)=N\NC(=O)C(=O)Nc1ccc(C)c(Cl)c1. The quantitative estimate of drug-likeness (QED) is 0.246. The number of carbonyl (C=O) groups is 3. The van der Waals surface area contributed by atoms with Gasteiger partial charge in [0.05, 0.1) is 19.6 Å². The monoisotopic (exact) mass is 437 g/mol. The Morgan fingerprint density at radius 1 is 1.20 bits per heavy atom. The molecule has 0 saturated carbocycles. The van der Waals surface area contributed by atoms with E-state index in [2.05, 4.69) is 26.1 Å². The summed E-state index contributed by atoms with van der Waals surface area (Å²) in [7, 11) is 0. The van der Waals surface area contributed by atoms with E-state index in [0.717, 1.165) is 44.8 Å². The first-order chi connectivity index (χ1) is 14.3. The van der Waals surface area contributed by atoms with Crippen LogP contribution in [-0.4, -0.2) is 67.7 Å². The highest BCUT2D eigenvalue weighted by atomic mass is 35.5. The summed E-state index contributed by atoms with van der Waals surface area (Å²) in [5.74, 6) is -2.00. The zero-order valence-corrected chi connectivity index (χ0v) is 18.1. The zero-order chi connectivity index (χ0) is 21.9. The lowest BCUT2D eigenvalue weighted by Gasteiger charge is -2.26. The minimum atomic E-state index is -0.933. The Labute approximate surface area is 181 Å². The second kappa shape index (κ2) is 12.3. The van der Waals surface area contributed by atoms with E-state index in [9.17, 15) is 14.4 Å². The van der Waals surface area contributed by atoms with E-state index in [1.807, 2.05) is 6.92 Å². The Bertz CT molecular complexity index is 793. The summed E-state index contributed by atoms with van der Waals surface area (Å²) in [6.07, 6.45) is 0.884. The molecule has 3 N–H and O–H groups in total. The van der Waals surface area contributed by atoms with E-state index in [1.165, 1.54) is 0 Å². The van der Waals surface area contributed by atoms with E-state index in [0.29, 0.717) is 23.0 Å². The maximum absolute atomic E-state index is 12.0. The third-order valence-electron chi connectivity index (χ3n) is 4.48. The number of nitrogens with zero attached hydrogens (tertiary/aromatic N) is 2. The lowest BCUT2D eigenvalue weighted by atomic mass is 10.2. The second-order valence-corrected chi connectivity index (χ2v) is 7.45. The van der Waals surface area contributed by atoms with Crippen LogP contribution in [0.2, 0.25) is 5.02 Å². The molecule has 1 heterocycles. The topological polar surface area (TPSA) is 112 Å². The molecule has 164 valence electrons. The molecule has 2 rings (SSSR count). The largest absolute Gasteiger partial charge is 0.379 e. The van der Waals surface area contributed by atoms with E-state index in [1.54, 1.807) is 25.1 Å². The van der Waals surface area contributed by atoms with Crippen molar-refractivity contribution >= 4 is 40.7 Å². The van der Waals surface area contributed by atoms with Gasteiger partial charge in [-0.1, -0.05) is 17.7 Å². The number of amides is 3. The van der Waals surface area contributed by atoms with Crippen LogP contribution in [0.15, 0.2) is 23.3 Å². The summed E-state index contributed by atoms with van der Waals surface area (Å²) in [4.78, 5) is 38.0. The van der Waals surface area contributed by atoms with Crippen molar-refractivity contribution < 1.29 is 19.1 Å². The number of hydrogen-bond acceptors (Lipinski definition) is 6. The fraction of sp³-hybridized carbons (Fsp3) is 0.500. The highest BCUT2D eigenvalue weighted by Crippen LogP contribution is 2.19. The summed E-state index contributed by atoms with van der Waals surface area (Å²) in [5, 5.41) is 9.56. The molecular formula is C20H28ClN5O4. The summed E-state index contributed by atoms with van der Waals surface area (Å²) < 4.78 is 5.30. The number of benzene rings is 1. The van der Waals surface area contributed by atoms with Gasteiger partial charge in [-0.2, -0.15) is 5.10 Å². The van der Waals surface area contributed by atoms with Crippen molar-refractivity contribution in [1.29, 1.82) is 0 Å². The van der Waals surface area contributed by atoms with Crippen LogP contribution in [-0.2, 0) is 19.1 Å². The zero-order valence-electron chi connectivity index (χ0n) is 17.3. The molecule has 1 saturated heterocycles. The Kier molecular flexibility index (Phi) is 9.72. The first-order valence-electron chi connectivity index (χ1n) is 9.82. The minimum absolute atomic E-state index is 0.0347. The number of anilines is 1. The fourth-order valence-corrected chi connectivity index (χ4v) is 2.93. The molecule has 0 aliphatic carbocycles. The maximum Gasteiger partial charge on any atom is 0.329 e. The van der Waals surface area contributed by atoms with Crippen LogP contribution < -0.4 is 16.1 Å². The summed E-state index contributed by atoms with van der Waals surface area (Å²) in [6.45, 7) is 8.26. The molecule has 0 atom stereocenters. The molecule has 1 aliphatic rings. The first kappa shape index (κ1) is 23.8. The molecule has 9 nitrogen and oxygen atoms in total. The van der Waals surface area contributed by atoms with Gasteiger partial charge in [0.15, 0.2) is 0 Å². The van der Waals surface area contributed by atoms with Crippen LogP contribution in [0.25, 0.3) is 0 Å². The molecule has 1 fully saturated rings. The van der Waals surface area contributed by atoms with Gasteiger partial charge in [-0.25, -0.2) is 5.43 Å². The van der Waals surface area contributed by atoms with Crippen molar-refractivity contribution in [3.63, 3.8) is 0 Å². The number of morpholine rings is 1. The van der Waals surface area contributed by atoms with Crippen molar-refractivity contribution in [3.05, 3.63) is 28.8 Å². The fourth-order valence-electron chi connectivity index (χ4n) is 2.75. The predicted molar refractivity (Wildman–Crippen MR) is 116 cm³/mol. The van der Waals surface area contributed by atoms with Crippen molar-refractivity contribution in [2.24, 2.45) is 5.10 Å². The molecule has 1 aliphatic heterocycles. The smallest absolute Gasteiger partial charge is 0.329 e. The number of rotatable bonds is 8. The standard InChI is InChI=1S/C20H28ClN5O4/c1-14-4-5-16(13-17(14)21)23-19(28)20(29)25-24-15(2)12-18(27)22-6-3-7-26-8-10-30-11-9-26/h4-5,13H,3,6-12H2,1-2H3,(H,22,27)(H,23,28)(H,25,29)/b24-15+. The van der Waals surface area contributed by atoms with Crippen molar-refractivity contribution in [1.82, 2.24) is 15.6 Å². The van der Waals surface area contributed by atoms with Gasteiger partial charge in [-0.05, 0) is 44.5 Å². The molecule has 3 amide bonds. The van der Waals surface area contributed by atoms with Gasteiger partial charge in [-0.3, -0.25) is 19.3 Å². The van der Waals surface area contributed by atoms with Crippen LogP contribution >= 0.6 is 11.6 Å². The van der Waals surface area contributed by atoms with Crippen LogP contribution in [0, 0.1) is 6.92 Å². The number of aryl methyl sites for hydroxylation is 1. The molecule has 0 radical (unpaired) electrons. The van der Waals surface area contributed by atoms with Gasteiger partial charge in [0, 0.05) is 36.1 Å². The highest BCUT2D eigenvalue weighted by Gasteiger charge is 2.14.